The molecule has 1 aromatic heterocycles. The lowest BCUT2D eigenvalue weighted by molar-refractivity contribution is 0.476. The molecule has 3 rings (SSSR count). The summed E-state index contributed by atoms with van der Waals surface area (Å²) in [4.78, 5) is 2.32. The Bertz CT molecular complexity index is 858. The van der Waals surface area contributed by atoms with Gasteiger partial charge in [0.2, 0.25) is 0 Å². The minimum Gasteiger partial charge on any atom is -0.507 e. The molecule has 0 bridgehead atoms. The lowest BCUT2D eigenvalue weighted by Crippen LogP contribution is -2.44. The van der Waals surface area contributed by atoms with Gasteiger partial charge in [-0.15, -0.1) is 10.2 Å². The number of anilines is 1. The molecule has 0 fully saturated rings. The summed E-state index contributed by atoms with van der Waals surface area (Å²) < 4.78 is 0. The van der Waals surface area contributed by atoms with Gasteiger partial charge in [-0.2, -0.15) is 5.26 Å². The van der Waals surface area contributed by atoms with E-state index < -0.39 is 0 Å². The lowest BCUT2D eigenvalue weighted by atomic mass is 9.95. The van der Waals surface area contributed by atoms with Crippen molar-refractivity contribution in [3.8, 4) is 23.1 Å². The molecular formula is C21H27N5O. The van der Waals surface area contributed by atoms with Crippen molar-refractivity contribution in [2.45, 2.75) is 52.0 Å². The van der Waals surface area contributed by atoms with Gasteiger partial charge in [0, 0.05) is 30.3 Å². The number of aromatic nitrogens is 2. The predicted octanol–water partition coefficient (Wildman–Crippen LogP) is 3.30. The van der Waals surface area contributed by atoms with Gasteiger partial charge < -0.3 is 15.7 Å². The third kappa shape index (κ3) is 3.74. The second-order valence-corrected chi connectivity index (χ2v) is 7.15. The molecule has 0 radical (unpaired) electrons. The van der Waals surface area contributed by atoms with Crippen molar-refractivity contribution in [3.05, 3.63) is 34.9 Å². The first-order valence-corrected chi connectivity index (χ1v) is 9.67. The van der Waals surface area contributed by atoms with E-state index in [2.05, 4.69) is 22.0 Å². The van der Waals surface area contributed by atoms with Gasteiger partial charge in [0.25, 0.3) is 0 Å². The predicted molar refractivity (Wildman–Crippen MR) is 107 cm³/mol. The average molecular weight is 365 g/mol. The van der Waals surface area contributed by atoms with Gasteiger partial charge in [0.15, 0.2) is 5.82 Å². The van der Waals surface area contributed by atoms with Crippen LogP contribution in [0.15, 0.2) is 18.2 Å². The Morgan fingerprint density at radius 1 is 1.37 bits per heavy atom. The van der Waals surface area contributed by atoms with Crippen molar-refractivity contribution in [1.82, 2.24) is 10.2 Å². The van der Waals surface area contributed by atoms with Crippen molar-refractivity contribution in [1.29, 1.82) is 5.26 Å². The normalized spacial score (nSPS) is 14.5. The van der Waals surface area contributed by atoms with Crippen LogP contribution in [-0.2, 0) is 6.42 Å². The van der Waals surface area contributed by atoms with E-state index in [1.807, 2.05) is 13.0 Å². The second kappa shape index (κ2) is 8.36. The van der Waals surface area contributed by atoms with Gasteiger partial charge in [-0.25, -0.2) is 0 Å². The second-order valence-electron chi connectivity index (χ2n) is 7.15. The van der Waals surface area contributed by atoms with E-state index in [4.69, 9.17) is 11.0 Å². The quantitative estimate of drug-likeness (QED) is 0.815. The molecule has 1 atom stereocenters. The average Bonchev–Trinajstić information content (AvgIpc) is 2.69. The third-order valence-corrected chi connectivity index (χ3v) is 5.41. The molecule has 2 heterocycles. The minimum atomic E-state index is 0.0573. The number of nitrogens with two attached hydrogens (primary N) is 1. The molecule has 6 heteroatoms. The first kappa shape index (κ1) is 19.1. The van der Waals surface area contributed by atoms with E-state index in [-0.39, 0.29) is 11.8 Å². The monoisotopic (exact) mass is 365 g/mol. The molecule has 3 N–H and O–H groups in total. The number of phenolic OH excluding ortho intramolecular Hbond substituents is 1. The van der Waals surface area contributed by atoms with Crippen LogP contribution >= 0.6 is 0 Å². The maximum absolute atomic E-state index is 10.3. The number of nitriles is 1. The highest BCUT2D eigenvalue weighted by molar-refractivity contribution is 5.73. The zero-order valence-corrected chi connectivity index (χ0v) is 16.1. The van der Waals surface area contributed by atoms with Gasteiger partial charge in [-0.1, -0.05) is 19.8 Å². The van der Waals surface area contributed by atoms with Gasteiger partial charge in [-0.05, 0) is 49.9 Å². The van der Waals surface area contributed by atoms with Crippen molar-refractivity contribution in [3.63, 3.8) is 0 Å². The lowest BCUT2D eigenvalue weighted by Gasteiger charge is -2.37. The highest BCUT2D eigenvalue weighted by Crippen LogP contribution is 2.36. The van der Waals surface area contributed by atoms with E-state index in [9.17, 15) is 5.11 Å². The van der Waals surface area contributed by atoms with E-state index in [1.54, 1.807) is 12.1 Å². The molecule has 1 aliphatic rings. The number of hydrogen-bond acceptors (Lipinski definition) is 6. The van der Waals surface area contributed by atoms with Gasteiger partial charge in [-0.3, -0.25) is 0 Å². The Morgan fingerprint density at radius 3 is 2.85 bits per heavy atom. The molecule has 0 saturated carbocycles. The number of aromatic hydroxyl groups is 1. The summed E-state index contributed by atoms with van der Waals surface area (Å²) >= 11 is 0. The van der Waals surface area contributed by atoms with Crippen LogP contribution in [0.2, 0.25) is 0 Å². The summed E-state index contributed by atoms with van der Waals surface area (Å²) in [6.45, 7) is 5.79. The fourth-order valence-electron chi connectivity index (χ4n) is 3.86. The topological polar surface area (TPSA) is 99.1 Å². The molecule has 0 amide bonds. The number of nitrogens with zero attached hydrogens (tertiary/aromatic N) is 4. The number of benzene rings is 1. The summed E-state index contributed by atoms with van der Waals surface area (Å²) in [5.41, 5.74) is 9.99. The first-order valence-electron chi connectivity index (χ1n) is 9.67. The highest BCUT2D eigenvalue weighted by atomic mass is 16.3. The summed E-state index contributed by atoms with van der Waals surface area (Å²) in [6, 6.07) is 7.22. The standard InChI is InChI=1S/C21H27N5O/c1-3-4-6-16(13-23)26-10-5-7-17-14(2)20(24-25-21(17)26)18-9-8-15(12-22)11-19(18)27/h8-9,11,16,27H,3-7,10,13,23H2,1-2H3. The van der Waals surface area contributed by atoms with Crippen molar-refractivity contribution < 1.29 is 5.11 Å². The number of phenols is 1. The Kier molecular flexibility index (Phi) is 5.92. The van der Waals surface area contributed by atoms with Crippen LogP contribution in [0.5, 0.6) is 5.75 Å². The maximum atomic E-state index is 10.3. The molecule has 1 unspecified atom stereocenters. The molecule has 6 nitrogen and oxygen atoms in total. The van der Waals surface area contributed by atoms with Crippen LogP contribution in [0, 0.1) is 18.3 Å². The van der Waals surface area contributed by atoms with Crippen LogP contribution in [-0.4, -0.2) is 34.4 Å². The van der Waals surface area contributed by atoms with Crippen LogP contribution < -0.4 is 10.6 Å². The van der Waals surface area contributed by atoms with Gasteiger partial charge in [0.1, 0.15) is 5.75 Å². The third-order valence-electron chi connectivity index (χ3n) is 5.41. The molecule has 27 heavy (non-hydrogen) atoms. The fourth-order valence-corrected chi connectivity index (χ4v) is 3.86. The Morgan fingerprint density at radius 2 is 2.19 bits per heavy atom. The van der Waals surface area contributed by atoms with Crippen molar-refractivity contribution >= 4 is 5.82 Å². The largest absolute Gasteiger partial charge is 0.507 e. The molecule has 2 aromatic rings. The van der Waals surface area contributed by atoms with Gasteiger partial charge >= 0.3 is 0 Å². The van der Waals surface area contributed by atoms with Crippen LogP contribution in [0.25, 0.3) is 11.3 Å². The summed E-state index contributed by atoms with van der Waals surface area (Å²) in [5, 5.41) is 28.3. The number of rotatable bonds is 6. The van der Waals surface area contributed by atoms with E-state index in [0.717, 1.165) is 50.0 Å². The van der Waals surface area contributed by atoms with E-state index >= 15 is 0 Å². The van der Waals surface area contributed by atoms with E-state index in [1.165, 1.54) is 11.6 Å². The molecule has 0 aliphatic carbocycles. The summed E-state index contributed by atoms with van der Waals surface area (Å²) in [6.07, 6.45) is 5.37. The molecule has 1 aliphatic heterocycles. The SMILES string of the molecule is CCCCC(CN)N1CCCc2c1nnc(-c1ccc(C#N)cc1O)c2C. The van der Waals surface area contributed by atoms with E-state index in [0.29, 0.717) is 23.4 Å². The molecule has 1 aromatic carbocycles. The minimum absolute atomic E-state index is 0.0573. The van der Waals surface area contributed by atoms with Crippen molar-refractivity contribution in [2.24, 2.45) is 5.73 Å². The van der Waals surface area contributed by atoms with Crippen LogP contribution in [0.3, 0.4) is 0 Å². The Labute approximate surface area is 160 Å². The number of hydrogen-bond donors (Lipinski definition) is 2. The summed E-state index contributed by atoms with van der Waals surface area (Å²) in [5.74, 6) is 0.990. The number of fused-ring (bicyclic) bond motifs is 1. The highest BCUT2D eigenvalue weighted by Gasteiger charge is 2.27. The molecular weight excluding hydrogens is 338 g/mol. The number of unbranched alkanes of at least 4 members (excludes halogenated alkanes) is 1. The zero-order valence-electron chi connectivity index (χ0n) is 16.1. The fraction of sp³-hybridized carbons (Fsp3) is 0.476. The molecule has 142 valence electrons. The Balaban J connectivity index is 2.00. The molecule has 0 spiro atoms. The van der Waals surface area contributed by atoms with Crippen LogP contribution in [0.1, 0.15) is 49.3 Å². The Hall–Kier alpha value is -2.65. The maximum Gasteiger partial charge on any atom is 0.155 e. The first-order chi connectivity index (χ1) is 13.1. The van der Waals surface area contributed by atoms with Crippen LogP contribution in [0.4, 0.5) is 5.82 Å². The van der Waals surface area contributed by atoms with Crippen molar-refractivity contribution in [2.75, 3.05) is 18.0 Å². The van der Waals surface area contributed by atoms with Gasteiger partial charge in [0.05, 0.1) is 17.3 Å². The zero-order chi connectivity index (χ0) is 19.4. The smallest absolute Gasteiger partial charge is 0.155 e. The summed E-state index contributed by atoms with van der Waals surface area (Å²) in [7, 11) is 0. The molecule has 0 saturated heterocycles.